The smallest absolute Gasteiger partial charge is 0.243 e. The molecule has 33 heavy (non-hydrogen) atoms. The molecule has 1 N–H and O–H groups in total. The van der Waals surface area contributed by atoms with Gasteiger partial charge in [-0.1, -0.05) is 12.1 Å². The van der Waals surface area contributed by atoms with Crippen molar-refractivity contribution < 1.29 is 22.7 Å². The van der Waals surface area contributed by atoms with Gasteiger partial charge in [0.2, 0.25) is 22.7 Å². The van der Waals surface area contributed by atoms with Gasteiger partial charge >= 0.3 is 0 Å². The van der Waals surface area contributed by atoms with Crippen LogP contribution in [-0.4, -0.2) is 62.5 Å². The maximum Gasteiger partial charge on any atom is 0.243 e. The van der Waals surface area contributed by atoms with Gasteiger partial charge < -0.3 is 14.8 Å². The van der Waals surface area contributed by atoms with E-state index in [1.165, 1.54) is 9.87 Å². The van der Waals surface area contributed by atoms with Crippen molar-refractivity contribution in [2.45, 2.75) is 43.7 Å². The van der Waals surface area contributed by atoms with Crippen LogP contribution in [0.3, 0.4) is 0 Å². The molecule has 0 radical (unpaired) electrons. The summed E-state index contributed by atoms with van der Waals surface area (Å²) in [7, 11) is -3.52. The van der Waals surface area contributed by atoms with Gasteiger partial charge in [-0.3, -0.25) is 9.69 Å². The Bertz CT molecular complexity index is 1160. The fourth-order valence-corrected chi connectivity index (χ4v) is 6.22. The molecule has 176 valence electrons. The molecule has 2 aliphatic heterocycles. The summed E-state index contributed by atoms with van der Waals surface area (Å²) in [5.41, 5.74) is 3.35. The predicted molar refractivity (Wildman–Crippen MR) is 123 cm³/mol. The fourth-order valence-electron chi connectivity index (χ4n) is 4.74. The van der Waals surface area contributed by atoms with E-state index in [0.717, 1.165) is 30.4 Å². The zero-order valence-corrected chi connectivity index (χ0v) is 19.6. The van der Waals surface area contributed by atoms with Crippen LogP contribution in [0.5, 0.6) is 11.5 Å². The number of nitrogens with zero attached hydrogens (tertiary/aromatic N) is 2. The molecular formula is C24H29N3O5S. The van der Waals surface area contributed by atoms with Crippen molar-refractivity contribution in [1.82, 2.24) is 14.5 Å². The summed E-state index contributed by atoms with van der Waals surface area (Å²) in [6.45, 7) is 4.26. The third-order valence-electron chi connectivity index (χ3n) is 6.81. The summed E-state index contributed by atoms with van der Waals surface area (Å²) >= 11 is 0. The molecule has 1 amide bonds. The van der Waals surface area contributed by atoms with Gasteiger partial charge in [0, 0.05) is 32.7 Å². The Balaban J connectivity index is 1.15. The van der Waals surface area contributed by atoms with Crippen LogP contribution in [0.2, 0.25) is 0 Å². The maximum absolute atomic E-state index is 13.1. The molecule has 0 unspecified atom stereocenters. The number of carbonyl (C=O) groups excluding carboxylic acids is 1. The first-order valence-corrected chi connectivity index (χ1v) is 12.9. The molecule has 0 saturated carbocycles. The minimum absolute atomic E-state index is 0.0809. The fraction of sp³-hybridized carbons (Fsp3) is 0.458. The average Bonchev–Trinajstić information content (AvgIpc) is 3.50. The summed E-state index contributed by atoms with van der Waals surface area (Å²) in [5, 5.41) is 2.97. The third kappa shape index (κ3) is 4.45. The second kappa shape index (κ2) is 8.96. The van der Waals surface area contributed by atoms with Crippen molar-refractivity contribution in [2.24, 2.45) is 0 Å². The number of sulfonamides is 1. The van der Waals surface area contributed by atoms with E-state index in [-0.39, 0.29) is 18.7 Å². The van der Waals surface area contributed by atoms with E-state index in [1.54, 1.807) is 6.07 Å². The van der Waals surface area contributed by atoms with Gasteiger partial charge in [-0.25, -0.2) is 8.42 Å². The first-order chi connectivity index (χ1) is 15.9. The number of piperazine rings is 1. The van der Waals surface area contributed by atoms with Gasteiger partial charge in [0.05, 0.1) is 10.9 Å². The molecule has 0 spiro atoms. The van der Waals surface area contributed by atoms with E-state index in [0.29, 0.717) is 49.1 Å². The first-order valence-electron chi connectivity index (χ1n) is 11.4. The molecule has 9 heteroatoms. The molecule has 8 nitrogen and oxygen atoms in total. The minimum atomic E-state index is -3.52. The van der Waals surface area contributed by atoms with E-state index >= 15 is 0 Å². The topological polar surface area (TPSA) is 88.2 Å². The van der Waals surface area contributed by atoms with Gasteiger partial charge in [0.25, 0.3) is 0 Å². The molecule has 3 aliphatic rings. The number of aryl methyl sites for hydroxylation is 2. The molecular weight excluding hydrogens is 442 g/mol. The Labute approximate surface area is 194 Å². The number of rotatable bonds is 6. The van der Waals surface area contributed by atoms with E-state index in [4.69, 9.17) is 9.47 Å². The van der Waals surface area contributed by atoms with Gasteiger partial charge in [-0.2, -0.15) is 4.31 Å². The van der Waals surface area contributed by atoms with Crippen LogP contribution in [0.25, 0.3) is 0 Å². The SMILES string of the molecule is C[C@@H](C(=O)NCc1ccc2c(c1)OCO2)N1CCN(S(=O)(=O)c2ccc3c(c2)CCC3)CC1. The van der Waals surface area contributed by atoms with Crippen LogP contribution in [0.4, 0.5) is 0 Å². The molecule has 5 rings (SSSR count). The number of fused-ring (bicyclic) bond motifs is 2. The van der Waals surface area contributed by atoms with Gasteiger partial charge in [-0.15, -0.1) is 0 Å². The number of nitrogens with one attached hydrogen (secondary N) is 1. The van der Waals surface area contributed by atoms with E-state index < -0.39 is 10.0 Å². The molecule has 0 bridgehead atoms. The number of amides is 1. The van der Waals surface area contributed by atoms with Crippen LogP contribution in [-0.2, 0) is 34.2 Å². The standard InChI is InChI=1S/C24H29N3O5S/c1-17(24(28)25-15-18-5-8-22-23(13-18)32-16-31-22)26-9-11-27(12-10-26)33(29,30)21-7-6-19-3-2-4-20(19)14-21/h5-8,13-14,17H,2-4,9-12,15-16H2,1H3,(H,25,28)/t17-/m0/s1. The molecule has 0 aromatic heterocycles. The van der Waals surface area contributed by atoms with E-state index in [1.807, 2.05) is 42.2 Å². The summed E-state index contributed by atoms with van der Waals surface area (Å²) < 4.78 is 38.5. The maximum atomic E-state index is 13.1. The Morgan fingerprint density at radius 1 is 1.00 bits per heavy atom. The highest BCUT2D eigenvalue weighted by molar-refractivity contribution is 7.89. The first kappa shape index (κ1) is 22.2. The lowest BCUT2D eigenvalue weighted by Crippen LogP contribution is -2.54. The lowest BCUT2D eigenvalue weighted by atomic mass is 10.1. The zero-order chi connectivity index (χ0) is 23.0. The summed E-state index contributed by atoms with van der Waals surface area (Å²) in [6.07, 6.45) is 3.07. The Morgan fingerprint density at radius 2 is 1.76 bits per heavy atom. The molecule has 2 aromatic rings. The van der Waals surface area contributed by atoms with Crippen molar-refractivity contribution in [3.63, 3.8) is 0 Å². The quantitative estimate of drug-likeness (QED) is 0.693. The van der Waals surface area contributed by atoms with E-state index in [2.05, 4.69) is 5.32 Å². The van der Waals surface area contributed by atoms with Crippen molar-refractivity contribution in [3.8, 4) is 11.5 Å². The lowest BCUT2D eigenvalue weighted by Gasteiger charge is -2.36. The lowest BCUT2D eigenvalue weighted by molar-refractivity contribution is -0.126. The highest BCUT2D eigenvalue weighted by Gasteiger charge is 2.32. The highest BCUT2D eigenvalue weighted by atomic mass is 32.2. The van der Waals surface area contributed by atoms with Gasteiger partial charge in [0.1, 0.15) is 0 Å². The number of benzene rings is 2. The van der Waals surface area contributed by atoms with Crippen LogP contribution in [0.15, 0.2) is 41.3 Å². The van der Waals surface area contributed by atoms with Crippen molar-refractivity contribution in [3.05, 3.63) is 53.1 Å². The minimum Gasteiger partial charge on any atom is -0.454 e. The Hall–Kier alpha value is -2.62. The second-order valence-corrected chi connectivity index (χ2v) is 10.7. The summed E-state index contributed by atoms with van der Waals surface area (Å²) in [5.74, 6) is 1.32. The molecule has 1 saturated heterocycles. The van der Waals surface area contributed by atoms with Crippen molar-refractivity contribution in [2.75, 3.05) is 33.0 Å². The molecule has 2 aromatic carbocycles. The van der Waals surface area contributed by atoms with Crippen LogP contribution in [0, 0.1) is 0 Å². The number of hydrogen-bond donors (Lipinski definition) is 1. The molecule has 1 fully saturated rings. The predicted octanol–water partition coefficient (Wildman–Crippen LogP) is 1.92. The molecule has 1 atom stereocenters. The zero-order valence-electron chi connectivity index (χ0n) is 18.7. The largest absolute Gasteiger partial charge is 0.454 e. The summed E-state index contributed by atoms with van der Waals surface area (Å²) in [4.78, 5) is 15.1. The van der Waals surface area contributed by atoms with Gasteiger partial charge in [-0.05, 0) is 67.1 Å². The molecule has 1 aliphatic carbocycles. The van der Waals surface area contributed by atoms with Crippen molar-refractivity contribution in [1.29, 1.82) is 0 Å². The van der Waals surface area contributed by atoms with Crippen LogP contribution < -0.4 is 14.8 Å². The van der Waals surface area contributed by atoms with Crippen molar-refractivity contribution >= 4 is 15.9 Å². The Kier molecular flexibility index (Phi) is 6.03. The molecule has 2 heterocycles. The van der Waals surface area contributed by atoms with Crippen LogP contribution in [0.1, 0.15) is 30.0 Å². The summed E-state index contributed by atoms with van der Waals surface area (Å²) in [6, 6.07) is 10.8. The Morgan fingerprint density at radius 3 is 2.58 bits per heavy atom. The highest BCUT2D eigenvalue weighted by Crippen LogP contribution is 2.32. The number of ether oxygens (including phenoxy) is 2. The monoisotopic (exact) mass is 471 g/mol. The number of carbonyl (C=O) groups is 1. The van der Waals surface area contributed by atoms with Gasteiger partial charge in [0.15, 0.2) is 11.5 Å². The van der Waals surface area contributed by atoms with Crippen LogP contribution >= 0.6 is 0 Å². The second-order valence-electron chi connectivity index (χ2n) is 8.81. The third-order valence-corrected chi connectivity index (χ3v) is 8.71. The number of hydrogen-bond acceptors (Lipinski definition) is 6. The normalized spacial score (nSPS) is 19.3. The van der Waals surface area contributed by atoms with E-state index in [9.17, 15) is 13.2 Å². The average molecular weight is 472 g/mol.